The van der Waals surface area contributed by atoms with Crippen LogP contribution in [-0.2, 0) is 0 Å². The maximum atomic E-state index is 2.87. The Bertz CT molecular complexity index is 872. The van der Waals surface area contributed by atoms with Gasteiger partial charge >= 0.3 is 0 Å². The van der Waals surface area contributed by atoms with Crippen molar-refractivity contribution >= 4 is 14.3 Å². The summed E-state index contributed by atoms with van der Waals surface area (Å²) in [4.78, 5) is 0. The predicted octanol–water partition coefficient (Wildman–Crippen LogP) is 7.89. The molecule has 2 nitrogen and oxygen atoms in total. The van der Waals surface area contributed by atoms with Crippen LogP contribution in [0.5, 0.6) is 0 Å². The number of unbranched alkanes of at least 4 members (excludes halogenated alkanes) is 4. The molecule has 0 aromatic heterocycles. The van der Waals surface area contributed by atoms with Crippen LogP contribution in [0.25, 0.3) is 0 Å². The van der Waals surface area contributed by atoms with Crippen LogP contribution in [0.3, 0.4) is 0 Å². The minimum absolute atomic E-state index is 0.374. The predicted molar refractivity (Wildman–Crippen MR) is 154 cm³/mol. The fourth-order valence-electron chi connectivity index (χ4n) is 4.94. The van der Waals surface area contributed by atoms with Gasteiger partial charge in [-0.1, -0.05) is 131 Å². The summed E-state index contributed by atoms with van der Waals surface area (Å²) in [5.41, 5.74) is 2.84. The van der Waals surface area contributed by atoms with Gasteiger partial charge in [0, 0.05) is 12.1 Å². The fraction of sp³-hybridized carbons (Fsp3) is 0.438. The highest BCUT2D eigenvalue weighted by molar-refractivity contribution is 6.68. The maximum absolute atomic E-state index is 2.87. The van der Waals surface area contributed by atoms with Crippen molar-refractivity contribution in [3.63, 3.8) is 0 Å². The second kappa shape index (κ2) is 15.0. The van der Waals surface area contributed by atoms with Crippen molar-refractivity contribution in [1.29, 1.82) is 0 Å². The molecule has 0 aliphatic heterocycles. The van der Waals surface area contributed by atoms with Gasteiger partial charge in [-0.15, -0.1) is 0 Å². The third-order valence-corrected chi connectivity index (χ3v) is 10.2. The first-order valence-corrected chi connectivity index (χ1v) is 15.1. The molecule has 2 unspecified atom stereocenters. The van der Waals surface area contributed by atoms with Crippen molar-refractivity contribution in [3.05, 3.63) is 102 Å². The average Bonchev–Trinajstić information content (AvgIpc) is 2.92. The molecule has 0 bridgehead atoms. The van der Waals surface area contributed by atoms with Gasteiger partial charge in [0.1, 0.15) is 0 Å². The SMILES string of the molecule is CCCCCN(C(C)c1ccccc1)[Si](c1ccccc1)N(CCCCC)C(C)c1ccccc1. The first-order chi connectivity index (χ1) is 17.2. The molecule has 0 saturated carbocycles. The van der Waals surface area contributed by atoms with Crippen LogP contribution in [0.4, 0.5) is 0 Å². The summed E-state index contributed by atoms with van der Waals surface area (Å²) in [7, 11) is -1.19. The number of rotatable bonds is 15. The molecule has 3 aromatic rings. The van der Waals surface area contributed by atoms with Gasteiger partial charge in [0.2, 0.25) is 0 Å². The van der Waals surface area contributed by atoms with Gasteiger partial charge in [0.05, 0.1) is 0 Å². The third-order valence-electron chi connectivity index (χ3n) is 7.08. The second-order valence-corrected chi connectivity index (χ2v) is 12.0. The molecule has 0 aliphatic carbocycles. The van der Waals surface area contributed by atoms with E-state index in [0.29, 0.717) is 12.1 Å². The van der Waals surface area contributed by atoms with Gasteiger partial charge in [0.15, 0.2) is 0 Å². The standard InChI is InChI=1S/C32H45N2Si/c1-5-7-18-26-33(28(3)30-20-12-9-13-21-30)35(32-24-16-11-17-25-32)34(27-19-8-6-2)29(4)31-22-14-10-15-23-31/h9-17,20-25,28-29H,5-8,18-19,26-27H2,1-4H3. The Morgan fingerprint density at radius 3 is 1.29 bits per heavy atom. The Labute approximate surface area is 216 Å². The highest BCUT2D eigenvalue weighted by atomic mass is 28.3. The average molecular weight is 486 g/mol. The Hall–Kier alpha value is -2.20. The normalized spacial score (nSPS) is 13.5. The van der Waals surface area contributed by atoms with E-state index in [1.54, 1.807) is 0 Å². The Balaban J connectivity index is 2.08. The van der Waals surface area contributed by atoms with Crippen molar-refractivity contribution in [1.82, 2.24) is 9.13 Å². The maximum Gasteiger partial charge on any atom is 0.267 e. The van der Waals surface area contributed by atoms with Crippen molar-refractivity contribution in [2.45, 2.75) is 78.3 Å². The zero-order valence-corrected chi connectivity index (χ0v) is 23.4. The van der Waals surface area contributed by atoms with Gasteiger partial charge in [-0.05, 0) is 56.1 Å². The van der Waals surface area contributed by atoms with E-state index >= 15 is 0 Å². The lowest BCUT2D eigenvalue weighted by Gasteiger charge is -2.44. The van der Waals surface area contributed by atoms with Crippen LogP contribution in [0.1, 0.15) is 89.4 Å². The summed E-state index contributed by atoms with van der Waals surface area (Å²) in [6.45, 7) is 11.7. The molecule has 3 rings (SSSR count). The molecule has 2 atom stereocenters. The molecule has 3 aromatic carbocycles. The molecule has 0 aliphatic rings. The lowest BCUT2D eigenvalue weighted by molar-refractivity contribution is 0.263. The first kappa shape index (κ1) is 27.4. The summed E-state index contributed by atoms with van der Waals surface area (Å²) in [5.74, 6) is 0. The highest BCUT2D eigenvalue weighted by Crippen LogP contribution is 2.28. The molecule has 1 radical (unpaired) electrons. The third kappa shape index (κ3) is 7.90. The monoisotopic (exact) mass is 485 g/mol. The minimum atomic E-state index is -1.19. The smallest absolute Gasteiger partial charge is 0.267 e. The number of nitrogens with zero attached hydrogens (tertiary/aromatic N) is 2. The van der Waals surface area contributed by atoms with Crippen molar-refractivity contribution in [2.75, 3.05) is 13.1 Å². The minimum Gasteiger partial charge on any atom is -0.301 e. The summed E-state index contributed by atoms with van der Waals surface area (Å²) in [6, 6.07) is 34.4. The van der Waals surface area contributed by atoms with E-state index in [2.05, 4.69) is 128 Å². The van der Waals surface area contributed by atoms with Gasteiger partial charge in [-0.25, -0.2) is 0 Å². The van der Waals surface area contributed by atoms with Crippen molar-refractivity contribution < 1.29 is 0 Å². The zero-order chi connectivity index (χ0) is 24.9. The van der Waals surface area contributed by atoms with E-state index in [-0.39, 0.29) is 0 Å². The van der Waals surface area contributed by atoms with Crippen LogP contribution in [0, 0.1) is 0 Å². The van der Waals surface area contributed by atoms with Gasteiger partial charge < -0.3 is 9.13 Å². The zero-order valence-electron chi connectivity index (χ0n) is 22.4. The van der Waals surface area contributed by atoms with E-state index in [9.17, 15) is 0 Å². The van der Waals surface area contributed by atoms with Gasteiger partial charge in [-0.2, -0.15) is 0 Å². The Morgan fingerprint density at radius 2 is 0.914 bits per heavy atom. The molecule has 0 fully saturated rings. The molecule has 35 heavy (non-hydrogen) atoms. The summed E-state index contributed by atoms with van der Waals surface area (Å²) >= 11 is 0. The molecule has 0 heterocycles. The second-order valence-electron chi connectivity index (χ2n) is 9.66. The number of hydrogen-bond acceptors (Lipinski definition) is 2. The molecule has 0 saturated heterocycles. The van der Waals surface area contributed by atoms with Gasteiger partial charge in [0.25, 0.3) is 9.12 Å². The Morgan fingerprint density at radius 1 is 0.543 bits per heavy atom. The topological polar surface area (TPSA) is 6.48 Å². The van der Waals surface area contributed by atoms with Gasteiger partial charge in [-0.3, -0.25) is 0 Å². The van der Waals surface area contributed by atoms with Crippen LogP contribution in [0.2, 0.25) is 0 Å². The van der Waals surface area contributed by atoms with E-state index in [4.69, 9.17) is 0 Å². The van der Waals surface area contributed by atoms with Crippen LogP contribution in [0.15, 0.2) is 91.0 Å². The molecule has 187 valence electrons. The van der Waals surface area contributed by atoms with E-state index < -0.39 is 9.12 Å². The van der Waals surface area contributed by atoms with E-state index in [1.807, 2.05) is 0 Å². The first-order valence-electron chi connectivity index (χ1n) is 13.7. The molecular weight excluding hydrogens is 440 g/mol. The molecular formula is C32H45N2Si. The molecule has 0 amide bonds. The van der Waals surface area contributed by atoms with Crippen molar-refractivity contribution in [2.24, 2.45) is 0 Å². The summed E-state index contributed by atoms with van der Waals surface area (Å²) in [5, 5.41) is 1.50. The summed E-state index contributed by atoms with van der Waals surface area (Å²) < 4.78 is 5.74. The molecule has 0 spiro atoms. The van der Waals surface area contributed by atoms with Crippen LogP contribution >= 0.6 is 0 Å². The summed E-state index contributed by atoms with van der Waals surface area (Å²) in [6.07, 6.45) is 7.57. The molecule has 0 N–H and O–H groups in total. The van der Waals surface area contributed by atoms with Crippen LogP contribution < -0.4 is 5.19 Å². The Kier molecular flexibility index (Phi) is 11.8. The number of hydrogen-bond donors (Lipinski definition) is 0. The largest absolute Gasteiger partial charge is 0.301 e. The lowest BCUT2D eigenvalue weighted by Crippen LogP contribution is -2.61. The fourth-order valence-corrected chi connectivity index (χ4v) is 8.19. The quantitative estimate of drug-likeness (QED) is 0.159. The van der Waals surface area contributed by atoms with E-state index in [1.165, 1.54) is 54.8 Å². The van der Waals surface area contributed by atoms with Crippen molar-refractivity contribution in [3.8, 4) is 0 Å². The highest BCUT2D eigenvalue weighted by Gasteiger charge is 2.36. The number of benzene rings is 3. The van der Waals surface area contributed by atoms with Crippen LogP contribution in [-0.4, -0.2) is 31.3 Å². The van der Waals surface area contributed by atoms with E-state index in [0.717, 1.165) is 13.1 Å². The molecule has 3 heteroatoms. The lowest BCUT2D eigenvalue weighted by atomic mass is 10.1.